The summed E-state index contributed by atoms with van der Waals surface area (Å²) in [6.45, 7) is -2.17. The summed E-state index contributed by atoms with van der Waals surface area (Å²) in [6, 6.07) is 1.12. The molecular weight excluding hydrogens is 510 g/mol. The number of alkyl halides is 1. The van der Waals surface area contributed by atoms with E-state index in [1.54, 1.807) is 0 Å². The minimum absolute atomic E-state index is 0.200. The van der Waals surface area contributed by atoms with Crippen LogP contribution in [0.25, 0.3) is 0 Å². The molecule has 184 valence electrons. The van der Waals surface area contributed by atoms with Crippen molar-refractivity contribution in [3.05, 3.63) is 22.7 Å². The van der Waals surface area contributed by atoms with Gasteiger partial charge in [-0.1, -0.05) is 0 Å². The van der Waals surface area contributed by atoms with Crippen LogP contribution < -0.4 is 11.4 Å². The van der Waals surface area contributed by atoms with Gasteiger partial charge in [-0.3, -0.25) is 9.09 Å². The van der Waals surface area contributed by atoms with Gasteiger partial charge in [0.25, 0.3) is 0 Å². The van der Waals surface area contributed by atoms with Crippen molar-refractivity contribution < 1.29 is 65.8 Å². The first-order valence-corrected chi connectivity index (χ1v) is 12.6. The van der Waals surface area contributed by atoms with E-state index in [-0.39, 0.29) is 5.82 Å². The van der Waals surface area contributed by atoms with Crippen molar-refractivity contribution in [3.8, 4) is 0 Å². The quantitative estimate of drug-likeness (QED) is 0.180. The van der Waals surface area contributed by atoms with E-state index in [1.165, 1.54) is 0 Å². The standard InChI is InChI=1S/C11H19FN3O14P3/c1-10(18)7(16)11(4-12,27-8(10)15-3-2-6(13)14-9(15)17)5-26-31(22,23)29-32(24,25)28-30(19,20)21/h2-3,7-8,16,18H,4-5H2,1H3,(H,22,23)(H,24,25)(H2,13,14,17)(H2,19,20,21)/t7-,8+,10+,11+/m0/s1. The number of hydrogen-bond acceptors (Lipinski definition) is 12. The number of nitrogens with zero attached hydrogens (tertiary/aromatic N) is 2. The van der Waals surface area contributed by atoms with E-state index in [0.29, 0.717) is 4.57 Å². The zero-order valence-corrected chi connectivity index (χ0v) is 18.5. The maximum Gasteiger partial charge on any atom is 0.490 e. The Hall–Kier alpha value is -1.10. The molecule has 0 amide bonds. The van der Waals surface area contributed by atoms with Gasteiger partial charge in [0.05, 0.1) is 6.61 Å². The zero-order chi connectivity index (χ0) is 24.8. The van der Waals surface area contributed by atoms with Crippen molar-refractivity contribution in [3.63, 3.8) is 0 Å². The summed E-state index contributed by atoms with van der Waals surface area (Å²) in [5.41, 5.74) is -0.747. The van der Waals surface area contributed by atoms with E-state index in [4.69, 9.17) is 25.2 Å². The SMILES string of the molecule is C[C@@]1(O)[C@H](O)[C@@](CF)(COP(=O)(O)OP(=O)(O)OP(=O)(O)O)O[C@H]1n1ccc(N)nc1=O. The highest BCUT2D eigenvalue weighted by Crippen LogP contribution is 2.66. The molecule has 17 nitrogen and oxygen atoms in total. The first kappa shape index (κ1) is 27.1. The predicted molar refractivity (Wildman–Crippen MR) is 98.2 cm³/mol. The molecule has 0 saturated carbocycles. The second-order valence-corrected chi connectivity index (χ2v) is 11.1. The third-order valence-corrected chi connectivity index (χ3v) is 7.90. The molecule has 0 aliphatic carbocycles. The van der Waals surface area contributed by atoms with Gasteiger partial charge in [0.1, 0.15) is 24.2 Å². The van der Waals surface area contributed by atoms with Gasteiger partial charge in [-0.25, -0.2) is 22.9 Å². The van der Waals surface area contributed by atoms with Crippen LogP contribution in [0.15, 0.2) is 17.1 Å². The van der Waals surface area contributed by atoms with Gasteiger partial charge in [0, 0.05) is 6.20 Å². The van der Waals surface area contributed by atoms with Crippen LogP contribution in [-0.4, -0.2) is 69.9 Å². The van der Waals surface area contributed by atoms with Gasteiger partial charge in [-0.2, -0.15) is 13.6 Å². The fourth-order valence-electron chi connectivity index (χ4n) is 2.77. The Bertz CT molecular complexity index is 1060. The summed E-state index contributed by atoms with van der Waals surface area (Å²) in [4.78, 5) is 51.1. The molecule has 8 N–H and O–H groups in total. The molecule has 0 aromatic carbocycles. The lowest BCUT2D eigenvalue weighted by atomic mass is 9.88. The number of halogens is 1. The normalized spacial score (nSPS) is 32.4. The molecule has 21 heteroatoms. The van der Waals surface area contributed by atoms with Crippen LogP contribution in [-0.2, 0) is 31.6 Å². The third kappa shape index (κ3) is 6.07. The number of aliphatic hydroxyl groups excluding tert-OH is 1. The van der Waals surface area contributed by atoms with Gasteiger partial charge >= 0.3 is 29.2 Å². The van der Waals surface area contributed by atoms with Crippen molar-refractivity contribution >= 4 is 29.3 Å². The molecule has 1 aliphatic heterocycles. The Kier molecular flexibility index (Phi) is 7.57. The second-order valence-electron chi connectivity index (χ2n) is 6.70. The van der Waals surface area contributed by atoms with Gasteiger partial charge in [0.15, 0.2) is 11.8 Å². The number of nitrogen functional groups attached to an aromatic ring is 1. The maximum atomic E-state index is 13.9. The molecule has 1 aromatic rings. The largest absolute Gasteiger partial charge is 0.490 e. The number of phosphoric acid groups is 3. The fraction of sp³-hybridized carbons (Fsp3) is 0.636. The van der Waals surface area contributed by atoms with Crippen molar-refractivity contribution in [1.29, 1.82) is 0 Å². The number of aromatic nitrogens is 2. The zero-order valence-electron chi connectivity index (χ0n) is 15.9. The van der Waals surface area contributed by atoms with Crippen LogP contribution in [0, 0.1) is 0 Å². The summed E-state index contributed by atoms with van der Waals surface area (Å²) in [6.07, 6.45) is -3.02. The van der Waals surface area contributed by atoms with Crippen LogP contribution in [0.1, 0.15) is 13.2 Å². The molecule has 2 rings (SSSR count). The van der Waals surface area contributed by atoms with Crippen LogP contribution in [0.3, 0.4) is 0 Å². The molecule has 6 atom stereocenters. The first-order chi connectivity index (χ1) is 14.3. The van der Waals surface area contributed by atoms with Crippen molar-refractivity contribution in [2.24, 2.45) is 0 Å². The average Bonchev–Trinajstić information content (AvgIpc) is 2.78. The number of rotatable bonds is 9. The number of phosphoric ester groups is 1. The molecule has 2 heterocycles. The van der Waals surface area contributed by atoms with E-state index in [0.717, 1.165) is 19.2 Å². The van der Waals surface area contributed by atoms with E-state index < -0.39 is 66.0 Å². The van der Waals surface area contributed by atoms with E-state index in [9.17, 15) is 38.0 Å². The molecule has 2 unspecified atom stereocenters. The Labute approximate surface area is 177 Å². The topological polar surface area (TPSA) is 270 Å². The molecule has 1 saturated heterocycles. The van der Waals surface area contributed by atoms with Gasteiger partial charge in [-0.15, -0.1) is 0 Å². The monoisotopic (exact) mass is 529 g/mol. The Morgan fingerprint density at radius 1 is 1.25 bits per heavy atom. The van der Waals surface area contributed by atoms with Crippen LogP contribution >= 0.6 is 23.5 Å². The Balaban J connectivity index is 2.27. The lowest BCUT2D eigenvalue weighted by Gasteiger charge is -2.31. The van der Waals surface area contributed by atoms with Crippen LogP contribution in [0.4, 0.5) is 10.2 Å². The number of ether oxygens (including phenoxy) is 1. The van der Waals surface area contributed by atoms with E-state index in [2.05, 4.69) is 18.1 Å². The van der Waals surface area contributed by atoms with Gasteiger partial charge in [0.2, 0.25) is 0 Å². The number of nitrogens with two attached hydrogens (primary N) is 1. The molecule has 1 fully saturated rings. The molecule has 0 spiro atoms. The predicted octanol–water partition coefficient (Wildman–Crippen LogP) is -1.48. The highest BCUT2D eigenvalue weighted by atomic mass is 31.3. The lowest BCUT2D eigenvalue weighted by molar-refractivity contribution is -0.138. The summed E-state index contributed by atoms with van der Waals surface area (Å²) in [5, 5.41) is 21.0. The fourth-order valence-corrected chi connectivity index (χ4v) is 5.84. The maximum absolute atomic E-state index is 13.9. The second kappa shape index (κ2) is 8.92. The van der Waals surface area contributed by atoms with E-state index >= 15 is 0 Å². The molecule has 0 bridgehead atoms. The molecular formula is C11H19FN3O14P3. The minimum Gasteiger partial charge on any atom is -0.387 e. The molecule has 1 aliphatic rings. The Morgan fingerprint density at radius 2 is 1.84 bits per heavy atom. The minimum atomic E-state index is -5.85. The average molecular weight is 529 g/mol. The summed E-state index contributed by atoms with van der Waals surface area (Å²) in [5.74, 6) is -0.200. The summed E-state index contributed by atoms with van der Waals surface area (Å²) >= 11 is 0. The number of hydrogen-bond donors (Lipinski definition) is 7. The van der Waals surface area contributed by atoms with Crippen LogP contribution in [0.2, 0.25) is 0 Å². The first-order valence-electron chi connectivity index (χ1n) is 8.11. The van der Waals surface area contributed by atoms with Crippen LogP contribution in [0.5, 0.6) is 0 Å². The van der Waals surface area contributed by atoms with Gasteiger partial charge in [-0.05, 0) is 13.0 Å². The summed E-state index contributed by atoms with van der Waals surface area (Å²) in [7, 11) is -17.2. The highest BCUT2D eigenvalue weighted by molar-refractivity contribution is 7.66. The highest BCUT2D eigenvalue weighted by Gasteiger charge is 2.63. The third-order valence-electron chi connectivity index (χ3n) is 4.12. The van der Waals surface area contributed by atoms with E-state index in [1.807, 2.05) is 0 Å². The lowest BCUT2D eigenvalue weighted by Crippen LogP contribution is -2.53. The number of aliphatic hydroxyl groups is 2. The smallest absolute Gasteiger partial charge is 0.387 e. The molecule has 32 heavy (non-hydrogen) atoms. The van der Waals surface area contributed by atoms with Crippen molar-refractivity contribution in [2.45, 2.75) is 30.5 Å². The molecule has 0 radical (unpaired) electrons. The van der Waals surface area contributed by atoms with Gasteiger partial charge < -0.3 is 40.3 Å². The van der Waals surface area contributed by atoms with Crippen molar-refractivity contribution in [1.82, 2.24) is 9.55 Å². The summed E-state index contributed by atoms with van der Waals surface area (Å²) < 4.78 is 65.0. The Morgan fingerprint density at radius 3 is 2.34 bits per heavy atom. The number of anilines is 1. The molecule has 1 aromatic heterocycles. The van der Waals surface area contributed by atoms with Crippen molar-refractivity contribution in [2.75, 3.05) is 19.0 Å².